The Hall–Kier alpha value is -4.70. The predicted molar refractivity (Wildman–Crippen MR) is 134 cm³/mol. The molecule has 34 heavy (non-hydrogen) atoms. The van der Waals surface area contributed by atoms with E-state index < -0.39 is 11.9 Å². The predicted octanol–water partition coefficient (Wildman–Crippen LogP) is 6.59. The van der Waals surface area contributed by atoms with E-state index in [2.05, 4.69) is 0 Å². The van der Waals surface area contributed by atoms with Crippen molar-refractivity contribution in [1.82, 2.24) is 0 Å². The third-order valence-electron chi connectivity index (χ3n) is 4.90. The number of ether oxygens (including phenoxy) is 2. The number of hydrogen-bond acceptors (Lipinski definition) is 4. The van der Waals surface area contributed by atoms with Crippen LogP contribution in [0, 0.1) is 0 Å². The van der Waals surface area contributed by atoms with Crippen LogP contribution in [0.3, 0.4) is 0 Å². The van der Waals surface area contributed by atoms with Gasteiger partial charge in [0, 0.05) is 12.2 Å². The van der Waals surface area contributed by atoms with Crippen molar-refractivity contribution in [3.8, 4) is 22.6 Å². The fraction of sp³-hybridized carbons (Fsp3) is 0. The third-order valence-corrected chi connectivity index (χ3v) is 4.90. The summed E-state index contributed by atoms with van der Waals surface area (Å²) in [6.45, 7) is 0. The Bertz CT molecular complexity index is 1180. The lowest BCUT2D eigenvalue weighted by Gasteiger charge is -2.06. The van der Waals surface area contributed by atoms with Crippen LogP contribution in [0.5, 0.6) is 11.5 Å². The molecule has 0 atom stereocenters. The molecule has 4 aromatic carbocycles. The molecule has 0 radical (unpaired) electrons. The molecule has 4 nitrogen and oxygen atoms in total. The maximum Gasteiger partial charge on any atom is 0.336 e. The highest BCUT2D eigenvalue weighted by Crippen LogP contribution is 2.25. The standard InChI is InChI=1S/C30H22O4/c31-29(21-11-23-7-3-1-4-8-23)33-27-17-13-25(14-18-27)26-15-19-28(20-16-26)34-30(32)22-12-24-9-5-2-6-10-24/h1-22H/b21-11+,22-12+. The monoisotopic (exact) mass is 446 g/mol. The molecule has 0 aliphatic rings. The van der Waals surface area contributed by atoms with E-state index in [0.29, 0.717) is 11.5 Å². The smallest absolute Gasteiger partial charge is 0.336 e. The lowest BCUT2D eigenvalue weighted by atomic mass is 10.1. The van der Waals surface area contributed by atoms with Crippen LogP contribution in [0.2, 0.25) is 0 Å². The minimum atomic E-state index is -0.441. The topological polar surface area (TPSA) is 52.6 Å². The van der Waals surface area contributed by atoms with Crippen molar-refractivity contribution in [2.24, 2.45) is 0 Å². The molecule has 166 valence electrons. The van der Waals surface area contributed by atoms with Crippen molar-refractivity contribution < 1.29 is 19.1 Å². The van der Waals surface area contributed by atoms with Crippen LogP contribution in [-0.4, -0.2) is 11.9 Å². The van der Waals surface area contributed by atoms with Gasteiger partial charge in [-0.2, -0.15) is 0 Å². The highest BCUT2D eigenvalue weighted by molar-refractivity contribution is 5.89. The fourth-order valence-corrected chi connectivity index (χ4v) is 3.19. The first-order chi connectivity index (χ1) is 16.7. The van der Waals surface area contributed by atoms with Gasteiger partial charge in [0.05, 0.1) is 0 Å². The van der Waals surface area contributed by atoms with Gasteiger partial charge in [-0.15, -0.1) is 0 Å². The molecule has 0 fully saturated rings. The van der Waals surface area contributed by atoms with E-state index in [1.54, 1.807) is 36.4 Å². The van der Waals surface area contributed by atoms with Crippen LogP contribution in [0.4, 0.5) is 0 Å². The van der Waals surface area contributed by atoms with Gasteiger partial charge in [0.25, 0.3) is 0 Å². The van der Waals surface area contributed by atoms with Crippen LogP contribution in [0.1, 0.15) is 11.1 Å². The van der Waals surface area contributed by atoms with Crippen molar-refractivity contribution in [3.05, 3.63) is 132 Å². The second-order valence-corrected chi connectivity index (χ2v) is 7.38. The van der Waals surface area contributed by atoms with Gasteiger partial charge in [-0.25, -0.2) is 9.59 Å². The number of carbonyl (C=O) groups is 2. The molecule has 0 saturated heterocycles. The molecule has 0 N–H and O–H groups in total. The zero-order valence-electron chi connectivity index (χ0n) is 18.3. The molecule has 0 heterocycles. The van der Waals surface area contributed by atoms with Crippen LogP contribution < -0.4 is 9.47 Å². The first kappa shape index (κ1) is 22.5. The van der Waals surface area contributed by atoms with Crippen molar-refractivity contribution in [3.63, 3.8) is 0 Å². The molecule has 0 bridgehead atoms. The Labute approximate surface area is 198 Å². The SMILES string of the molecule is O=C(/C=C/c1ccccc1)Oc1ccc(-c2ccc(OC(=O)/C=C/c3ccccc3)cc2)cc1. The first-order valence-corrected chi connectivity index (χ1v) is 10.8. The van der Waals surface area contributed by atoms with Gasteiger partial charge in [-0.05, 0) is 58.7 Å². The van der Waals surface area contributed by atoms with Crippen LogP contribution in [0.25, 0.3) is 23.3 Å². The van der Waals surface area contributed by atoms with E-state index in [-0.39, 0.29) is 0 Å². The molecular weight excluding hydrogens is 424 g/mol. The second kappa shape index (κ2) is 11.2. The highest BCUT2D eigenvalue weighted by atomic mass is 16.5. The largest absolute Gasteiger partial charge is 0.423 e. The molecular formula is C30H22O4. The van der Waals surface area contributed by atoms with Gasteiger partial charge in [0.15, 0.2) is 0 Å². The third kappa shape index (κ3) is 6.65. The summed E-state index contributed by atoms with van der Waals surface area (Å²) in [6, 6.07) is 33.5. The Morgan fingerprint density at radius 1 is 0.471 bits per heavy atom. The van der Waals surface area contributed by atoms with E-state index in [1.165, 1.54) is 12.2 Å². The van der Waals surface area contributed by atoms with E-state index in [1.807, 2.05) is 84.9 Å². The average Bonchev–Trinajstić information content (AvgIpc) is 2.88. The molecule has 0 aromatic heterocycles. The lowest BCUT2D eigenvalue weighted by molar-refractivity contribution is -0.129. The van der Waals surface area contributed by atoms with E-state index in [9.17, 15) is 9.59 Å². The number of esters is 2. The quantitative estimate of drug-likeness (QED) is 0.183. The Balaban J connectivity index is 1.32. The van der Waals surface area contributed by atoms with Gasteiger partial charge in [-0.1, -0.05) is 84.9 Å². The maximum atomic E-state index is 12.0. The molecule has 0 unspecified atom stereocenters. The molecule has 4 aromatic rings. The van der Waals surface area contributed by atoms with Gasteiger partial charge in [0.2, 0.25) is 0 Å². The van der Waals surface area contributed by atoms with Crippen molar-refractivity contribution in [2.75, 3.05) is 0 Å². The summed E-state index contributed by atoms with van der Waals surface area (Å²) in [5.74, 6) is 0.0394. The second-order valence-electron chi connectivity index (χ2n) is 7.38. The number of carbonyl (C=O) groups excluding carboxylic acids is 2. The van der Waals surface area contributed by atoms with Crippen molar-refractivity contribution in [2.45, 2.75) is 0 Å². The number of rotatable bonds is 7. The van der Waals surface area contributed by atoms with Crippen LogP contribution in [0.15, 0.2) is 121 Å². The molecule has 0 amide bonds. The molecule has 0 aliphatic heterocycles. The fourth-order valence-electron chi connectivity index (χ4n) is 3.19. The molecule has 0 saturated carbocycles. The summed E-state index contributed by atoms with van der Waals surface area (Å²) in [4.78, 5) is 24.1. The summed E-state index contributed by atoms with van der Waals surface area (Å²) in [5.41, 5.74) is 3.75. The molecule has 4 heteroatoms. The summed E-state index contributed by atoms with van der Waals surface area (Å²) < 4.78 is 10.7. The Morgan fingerprint density at radius 3 is 1.18 bits per heavy atom. The van der Waals surface area contributed by atoms with Gasteiger partial charge < -0.3 is 9.47 Å². The van der Waals surface area contributed by atoms with Gasteiger partial charge in [0.1, 0.15) is 11.5 Å². The maximum absolute atomic E-state index is 12.0. The van der Waals surface area contributed by atoms with E-state index in [0.717, 1.165) is 22.3 Å². The average molecular weight is 447 g/mol. The molecule has 0 aliphatic carbocycles. The minimum Gasteiger partial charge on any atom is -0.423 e. The molecule has 0 spiro atoms. The minimum absolute atomic E-state index is 0.441. The Morgan fingerprint density at radius 2 is 0.824 bits per heavy atom. The van der Waals surface area contributed by atoms with Gasteiger partial charge >= 0.3 is 11.9 Å². The number of hydrogen-bond donors (Lipinski definition) is 0. The normalized spacial score (nSPS) is 10.9. The van der Waals surface area contributed by atoms with Gasteiger partial charge in [-0.3, -0.25) is 0 Å². The van der Waals surface area contributed by atoms with Crippen LogP contribution in [-0.2, 0) is 9.59 Å². The lowest BCUT2D eigenvalue weighted by Crippen LogP contribution is -2.03. The van der Waals surface area contributed by atoms with E-state index >= 15 is 0 Å². The number of benzene rings is 4. The zero-order valence-corrected chi connectivity index (χ0v) is 18.3. The van der Waals surface area contributed by atoms with E-state index in [4.69, 9.17) is 9.47 Å². The van der Waals surface area contributed by atoms with Crippen molar-refractivity contribution >= 4 is 24.1 Å². The Kier molecular flexibility index (Phi) is 7.44. The highest BCUT2D eigenvalue weighted by Gasteiger charge is 2.05. The summed E-state index contributed by atoms with van der Waals surface area (Å²) in [5, 5.41) is 0. The zero-order chi connectivity index (χ0) is 23.6. The first-order valence-electron chi connectivity index (χ1n) is 10.8. The summed E-state index contributed by atoms with van der Waals surface area (Å²) in [6.07, 6.45) is 6.22. The van der Waals surface area contributed by atoms with Crippen LogP contribution >= 0.6 is 0 Å². The summed E-state index contributed by atoms with van der Waals surface area (Å²) in [7, 11) is 0. The molecule has 4 rings (SSSR count). The van der Waals surface area contributed by atoms with Crippen molar-refractivity contribution in [1.29, 1.82) is 0 Å². The summed E-state index contributed by atoms with van der Waals surface area (Å²) >= 11 is 0.